The van der Waals surface area contributed by atoms with Crippen molar-refractivity contribution in [3.63, 3.8) is 0 Å². The lowest BCUT2D eigenvalue weighted by molar-refractivity contribution is 0.221. The van der Waals surface area contributed by atoms with E-state index in [-0.39, 0.29) is 0 Å². The van der Waals surface area contributed by atoms with Crippen LogP contribution >= 0.6 is 0 Å². The number of piperidine rings is 1. The summed E-state index contributed by atoms with van der Waals surface area (Å²) in [6.45, 7) is 3.43. The molecule has 1 aliphatic heterocycles. The Morgan fingerprint density at radius 3 is 2.66 bits per heavy atom. The third-order valence-corrected chi connectivity index (χ3v) is 6.47. The molecule has 35 heavy (non-hydrogen) atoms. The van der Waals surface area contributed by atoms with Gasteiger partial charge in [-0.3, -0.25) is 4.90 Å². The molecule has 0 radical (unpaired) electrons. The van der Waals surface area contributed by atoms with Gasteiger partial charge in [0.15, 0.2) is 0 Å². The maximum atomic E-state index is 6.06. The molecule has 0 unspecified atom stereocenters. The highest BCUT2D eigenvalue weighted by Crippen LogP contribution is 2.30. The monoisotopic (exact) mass is 464 g/mol. The van der Waals surface area contributed by atoms with Gasteiger partial charge in [0, 0.05) is 30.2 Å². The highest BCUT2D eigenvalue weighted by atomic mass is 16.5. The van der Waals surface area contributed by atoms with Crippen molar-refractivity contribution in [2.45, 2.75) is 25.8 Å². The molecule has 0 atom stereocenters. The standard InChI is InChI=1S/C28H28N6O/c29-22-5-4-6-24(17-22)35-27-25-11-12-30-26(25)32-28(33-27)31-23-10-9-20-15-19(7-8-21(20)16-23)18-34-13-2-1-3-14-34/h4-12,15-17H,1-3,13-14,18,29H2,(H2,30,31,32,33). The second-order valence-electron chi connectivity index (χ2n) is 9.12. The molecule has 7 heteroatoms. The first kappa shape index (κ1) is 21.4. The van der Waals surface area contributed by atoms with Crippen LogP contribution in [0.4, 0.5) is 17.3 Å². The quantitative estimate of drug-likeness (QED) is 0.259. The SMILES string of the molecule is Nc1cccc(Oc2nc(Nc3ccc4cc(CN5CCCCC5)ccc4c3)nc3[nH]ccc23)c1. The van der Waals surface area contributed by atoms with Gasteiger partial charge < -0.3 is 20.8 Å². The number of benzene rings is 3. The predicted octanol–water partition coefficient (Wildman–Crippen LogP) is 6.22. The number of likely N-dealkylation sites (tertiary alicyclic amines) is 1. The number of aromatic nitrogens is 3. The Morgan fingerprint density at radius 2 is 1.77 bits per heavy atom. The molecule has 0 saturated carbocycles. The third kappa shape index (κ3) is 4.76. The first-order valence-electron chi connectivity index (χ1n) is 12.1. The molecule has 3 heterocycles. The summed E-state index contributed by atoms with van der Waals surface area (Å²) in [6.07, 6.45) is 5.81. The Bertz CT molecular complexity index is 1490. The van der Waals surface area contributed by atoms with E-state index in [0.717, 1.165) is 17.6 Å². The number of H-pyrrole nitrogens is 1. The number of hydrogen-bond acceptors (Lipinski definition) is 6. The van der Waals surface area contributed by atoms with Crippen LogP contribution < -0.4 is 15.8 Å². The first-order chi connectivity index (χ1) is 17.2. The number of hydrogen-bond donors (Lipinski definition) is 3. The fraction of sp³-hybridized carbons (Fsp3) is 0.214. The third-order valence-electron chi connectivity index (χ3n) is 6.47. The lowest BCUT2D eigenvalue weighted by Crippen LogP contribution is -2.29. The molecule has 0 bridgehead atoms. The van der Waals surface area contributed by atoms with Crippen molar-refractivity contribution in [3.8, 4) is 11.6 Å². The van der Waals surface area contributed by atoms with Crippen LogP contribution in [0.25, 0.3) is 21.8 Å². The Balaban J connectivity index is 1.24. The van der Waals surface area contributed by atoms with Gasteiger partial charge in [0.05, 0.1) is 5.39 Å². The number of nitrogens with one attached hydrogen (secondary N) is 2. The molecule has 0 aliphatic carbocycles. The second-order valence-corrected chi connectivity index (χ2v) is 9.12. The fourth-order valence-corrected chi connectivity index (χ4v) is 4.71. The summed E-state index contributed by atoms with van der Waals surface area (Å²) >= 11 is 0. The van der Waals surface area contributed by atoms with E-state index < -0.39 is 0 Å². The van der Waals surface area contributed by atoms with E-state index in [1.165, 1.54) is 48.7 Å². The number of anilines is 3. The average molecular weight is 465 g/mol. The van der Waals surface area contributed by atoms with Crippen LogP contribution in [0.1, 0.15) is 24.8 Å². The van der Waals surface area contributed by atoms with Gasteiger partial charge in [0.25, 0.3) is 0 Å². The highest BCUT2D eigenvalue weighted by molar-refractivity contribution is 5.87. The summed E-state index contributed by atoms with van der Waals surface area (Å²) in [5.41, 5.74) is 9.52. The predicted molar refractivity (Wildman–Crippen MR) is 141 cm³/mol. The Kier molecular flexibility index (Phi) is 5.68. The molecule has 1 fully saturated rings. The highest BCUT2D eigenvalue weighted by Gasteiger charge is 2.13. The molecule has 6 rings (SSSR count). The van der Waals surface area contributed by atoms with E-state index in [1.807, 2.05) is 30.5 Å². The lowest BCUT2D eigenvalue weighted by Gasteiger charge is -2.26. The number of nitrogen functional groups attached to an aromatic ring is 1. The van der Waals surface area contributed by atoms with Gasteiger partial charge in [0.2, 0.25) is 11.8 Å². The van der Waals surface area contributed by atoms with Gasteiger partial charge in [0.1, 0.15) is 11.4 Å². The molecule has 1 saturated heterocycles. The molecule has 5 aromatic rings. The van der Waals surface area contributed by atoms with Crippen molar-refractivity contribution < 1.29 is 4.74 Å². The number of rotatable bonds is 6. The molecule has 4 N–H and O–H groups in total. The zero-order chi connectivity index (χ0) is 23.6. The van der Waals surface area contributed by atoms with Crippen LogP contribution in [0.5, 0.6) is 11.6 Å². The number of fused-ring (bicyclic) bond motifs is 2. The largest absolute Gasteiger partial charge is 0.438 e. The smallest absolute Gasteiger partial charge is 0.233 e. The van der Waals surface area contributed by atoms with Crippen LogP contribution in [0.3, 0.4) is 0 Å². The number of ether oxygens (including phenoxy) is 1. The summed E-state index contributed by atoms with van der Waals surface area (Å²) in [6, 6.07) is 22.3. The van der Waals surface area contributed by atoms with Crippen LogP contribution in [0.2, 0.25) is 0 Å². The van der Waals surface area contributed by atoms with Crippen molar-refractivity contribution in [1.29, 1.82) is 0 Å². The average Bonchev–Trinajstić information content (AvgIpc) is 3.34. The van der Waals surface area contributed by atoms with Crippen molar-refractivity contribution in [3.05, 3.63) is 78.5 Å². The maximum Gasteiger partial charge on any atom is 0.233 e. The van der Waals surface area contributed by atoms with Crippen LogP contribution in [0.15, 0.2) is 72.9 Å². The minimum absolute atomic E-state index is 0.458. The molecule has 0 spiro atoms. The Hall–Kier alpha value is -4.10. The minimum atomic E-state index is 0.458. The molecule has 7 nitrogen and oxygen atoms in total. The van der Waals surface area contributed by atoms with Crippen LogP contribution in [0, 0.1) is 0 Å². The van der Waals surface area contributed by atoms with Crippen LogP contribution in [-0.2, 0) is 6.54 Å². The summed E-state index contributed by atoms with van der Waals surface area (Å²) in [5, 5.41) is 6.55. The molecule has 0 amide bonds. The summed E-state index contributed by atoms with van der Waals surface area (Å²) in [5.74, 6) is 1.55. The van der Waals surface area contributed by atoms with Gasteiger partial charge in [-0.25, -0.2) is 0 Å². The topological polar surface area (TPSA) is 92.1 Å². The Morgan fingerprint density at radius 1 is 0.914 bits per heavy atom. The van der Waals surface area contributed by atoms with E-state index in [0.29, 0.717) is 28.9 Å². The van der Waals surface area contributed by atoms with Crippen molar-refractivity contribution in [1.82, 2.24) is 19.9 Å². The molecule has 1 aliphatic rings. The first-order valence-corrected chi connectivity index (χ1v) is 12.1. The molecular weight excluding hydrogens is 436 g/mol. The van der Waals surface area contributed by atoms with E-state index in [4.69, 9.17) is 10.5 Å². The van der Waals surface area contributed by atoms with E-state index in [1.54, 1.807) is 6.07 Å². The minimum Gasteiger partial charge on any atom is -0.438 e. The summed E-state index contributed by atoms with van der Waals surface area (Å²) in [4.78, 5) is 15.0. The van der Waals surface area contributed by atoms with E-state index >= 15 is 0 Å². The zero-order valence-electron chi connectivity index (χ0n) is 19.5. The van der Waals surface area contributed by atoms with Crippen molar-refractivity contribution in [2.75, 3.05) is 24.1 Å². The van der Waals surface area contributed by atoms with Crippen molar-refractivity contribution >= 4 is 39.1 Å². The van der Waals surface area contributed by atoms with Gasteiger partial charge in [-0.15, -0.1) is 0 Å². The molecule has 176 valence electrons. The molecule has 3 aromatic carbocycles. The lowest BCUT2D eigenvalue weighted by atomic mass is 10.0. The van der Waals surface area contributed by atoms with Gasteiger partial charge in [-0.05, 0) is 78.7 Å². The second kappa shape index (κ2) is 9.27. The van der Waals surface area contributed by atoms with E-state index in [2.05, 4.69) is 61.6 Å². The van der Waals surface area contributed by atoms with Gasteiger partial charge >= 0.3 is 0 Å². The number of aromatic amines is 1. The molecule has 2 aromatic heterocycles. The molecular formula is C28H28N6O. The number of nitrogens with two attached hydrogens (primary N) is 1. The van der Waals surface area contributed by atoms with E-state index in [9.17, 15) is 0 Å². The summed E-state index contributed by atoms with van der Waals surface area (Å²) in [7, 11) is 0. The number of nitrogens with zero attached hydrogens (tertiary/aromatic N) is 3. The van der Waals surface area contributed by atoms with Crippen molar-refractivity contribution in [2.24, 2.45) is 0 Å². The zero-order valence-corrected chi connectivity index (χ0v) is 19.5. The maximum absolute atomic E-state index is 6.06. The van der Waals surface area contributed by atoms with Crippen LogP contribution in [-0.4, -0.2) is 32.9 Å². The fourth-order valence-electron chi connectivity index (χ4n) is 4.71. The van der Waals surface area contributed by atoms with Gasteiger partial charge in [-0.2, -0.15) is 9.97 Å². The summed E-state index contributed by atoms with van der Waals surface area (Å²) < 4.78 is 6.06. The normalized spacial score (nSPS) is 14.4. The Labute approximate surface area is 204 Å². The van der Waals surface area contributed by atoms with Gasteiger partial charge in [-0.1, -0.05) is 30.7 Å².